The van der Waals surface area contributed by atoms with Crippen molar-refractivity contribution in [2.24, 2.45) is 0 Å². The van der Waals surface area contributed by atoms with E-state index in [1.165, 1.54) is 0 Å². The molecule has 0 atom stereocenters. The average Bonchev–Trinajstić information content (AvgIpc) is 3.14. The molecular formula is C21H20N6O3S. The third kappa shape index (κ3) is 3.44. The molecule has 0 radical (unpaired) electrons. The molecule has 3 aromatic rings. The van der Waals surface area contributed by atoms with Crippen molar-refractivity contribution in [1.29, 1.82) is 0 Å². The lowest BCUT2D eigenvalue weighted by Crippen LogP contribution is -2.26. The number of para-hydroxylation sites is 1. The molecule has 0 saturated heterocycles. The number of hydrogen-bond donors (Lipinski definition) is 2. The van der Waals surface area contributed by atoms with Crippen molar-refractivity contribution in [3.8, 4) is 0 Å². The van der Waals surface area contributed by atoms with Crippen LogP contribution in [0.5, 0.6) is 0 Å². The van der Waals surface area contributed by atoms with Gasteiger partial charge in [0.2, 0.25) is 16.0 Å². The Morgan fingerprint density at radius 2 is 1.81 bits per heavy atom. The molecule has 0 saturated carbocycles. The zero-order chi connectivity index (χ0) is 21.8. The minimum absolute atomic E-state index is 0.0826. The highest BCUT2D eigenvalue weighted by atomic mass is 32.2. The van der Waals surface area contributed by atoms with Crippen LogP contribution >= 0.6 is 0 Å². The summed E-state index contributed by atoms with van der Waals surface area (Å²) in [6.07, 6.45) is 3.60. The molecule has 0 unspecified atom stereocenters. The quantitative estimate of drug-likeness (QED) is 0.647. The van der Waals surface area contributed by atoms with Crippen LogP contribution in [0.15, 0.2) is 48.7 Å². The van der Waals surface area contributed by atoms with Crippen molar-refractivity contribution in [3.05, 3.63) is 59.8 Å². The van der Waals surface area contributed by atoms with Gasteiger partial charge in [0, 0.05) is 25.0 Å². The highest BCUT2D eigenvalue weighted by molar-refractivity contribution is 7.92. The lowest BCUT2D eigenvalue weighted by Gasteiger charge is -2.21. The van der Waals surface area contributed by atoms with Gasteiger partial charge in [-0.2, -0.15) is 4.98 Å². The molecule has 5 rings (SSSR count). The van der Waals surface area contributed by atoms with Gasteiger partial charge in [-0.05, 0) is 42.3 Å². The number of anilines is 6. The first-order valence-corrected chi connectivity index (χ1v) is 11.6. The Labute approximate surface area is 179 Å². The molecule has 2 aliphatic rings. The highest BCUT2D eigenvalue weighted by Gasteiger charge is 2.35. The predicted molar refractivity (Wildman–Crippen MR) is 120 cm³/mol. The van der Waals surface area contributed by atoms with Gasteiger partial charge in [0.25, 0.3) is 5.91 Å². The van der Waals surface area contributed by atoms with Gasteiger partial charge >= 0.3 is 0 Å². The summed E-state index contributed by atoms with van der Waals surface area (Å²) in [5, 5.41) is 3.15. The second-order valence-electron chi connectivity index (χ2n) is 7.56. The maximum Gasteiger partial charge on any atom is 0.260 e. The van der Waals surface area contributed by atoms with E-state index in [2.05, 4.69) is 19.9 Å². The Bertz CT molecular complexity index is 1310. The van der Waals surface area contributed by atoms with E-state index in [1.807, 2.05) is 18.2 Å². The average molecular weight is 436 g/mol. The summed E-state index contributed by atoms with van der Waals surface area (Å²) >= 11 is 0. The van der Waals surface area contributed by atoms with E-state index in [4.69, 9.17) is 4.98 Å². The zero-order valence-corrected chi connectivity index (χ0v) is 17.8. The van der Waals surface area contributed by atoms with Gasteiger partial charge in [0.1, 0.15) is 5.69 Å². The molecule has 2 aromatic carbocycles. The number of nitrogens with one attached hydrogen (secondary N) is 2. The van der Waals surface area contributed by atoms with Gasteiger partial charge in [-0.1, -0.05) is 12.1 Å². The minimum Gasteiger partial charge on any atom is -0.324 e. The Kier molecular flexibility index (Phi) is 4.33. The predicted octanol–water partition coefficient (Wildman–Crippen LogP) is 2.88. The van der Waals surface area contributed by atoms with Crippen LogP contribution in [-0.2, 0) is 16.4 Å². The molecule has 1 amide bonds. The number of benzene rings is 2. The van der Waals surface area contributed by atoms with Crippen LogP contribution in [0.4, 0.5) is 34.5 Å². The van der Waals surface area contributed by atoms with E-state index < -0.39 is 10.0 Å². The van der Waals surface area contributed by atoms with Crippen molar-refractivity contribution in [2.75, 3.05) is 39.7 Å². The van der Waals surface area contributed by atoms with Crippen LogP contribution in [0, 0.1) is 0 Å². The molecule has 31 heavy (non-hydrogen) atoms. The lowest BCUT2D eigenvalue weighted by molar-refractivity contribution is 0.0994. The van der Waals surface area contributed by atoms with Gasteiger partial charge < -0.3 is 15.1 Å². The van der Waals surface area contributed by atoms with Gasteiger partial charge in [-0.15, -0.1) is 0 Å². The van der Waals surface area contributed by atoms with Gasteiger partial charge in [-0.3, -0.25) is 9.52 Å². The van der Waals surface area contributed by atoms with Gasteiger partial charge in [0.05, 0.1) is 23.7 Å². The zero-order valence-electron chi connectivity index (χ0n) is 17.0. The molecule has 0 bridgehead atoms. The van der Waals surface area contributed by atoms with E-state index in [0.717, 1.165) is 30.5 Å². The van der Waals surface area contributed by atoms with E-state index >= 15 is 0 Å². The monoisotopic (exact) mass is 436 g/mol. The van der Waals surface area contributed by atoms with Crippen molar-refractivity contribution in [3.63, 3.8) is 0 Å². The largest absolute Gasteiger partial charge is 0.324 e. The fraction of sp³-hybridized carbons (Fsp3) is 0.190. The van der Waals surface area contributed by atoms with Crippen LogP contribution < -0.4 is 19.8 Å². The van der Waals surface area contributed by atoms with Crippen LogP contribution in [0.2, 0.25) is 0 Å². The van der Waals surface area contributed by atoms with Crippen molar-refractivity contribution in [1.82, 2.24) is 9.97 Å². The van der Waals surface area contributed by atoms with E-state index in [9.17, 15) is 13.2 Å². The molecule has 2 aliphatic heterocycles. The summed E-state index contributed by atoms with van der Waals surface area (Å²) in [6.45, 7) is 0.739. The number of aromatic nitrogens is 2. The fourth-order valence-electron chi connectivity index (χ4n) is 3.96. The maximum absolute atomic E-state index is 13.0. The summed E-state index contributed by atoms with van der Waals surface area (Å²) < 4.78 is 25.2. The van der Waals surface area contributed by atoms with E-state index in [-0.39, 0.29) is 5.91 Å². The van der Waals surface area contributed by atoms with Gasteiger partial charge in [0.15, 0.2) is 5.82 Å². The highest BCUT2D eigenvalue weighted by Crippen LogP contribution is 2.44. The molecular weight excluding hydrogens is 416 g/mol. The number of hydrogen-bond acceptors (Lipinski definition) is 7. The summed E-state index contributed by atoms with van der Waals surface area (Å²) in [6, 6.07) is 12.6. The second kappa shape index (κ2) is 6.95. The first-order chi connectivity index (χ1) is 14.8. The Balaban J connectivity index is 1.49. The molecule has 0 spiro atoms. The third-order valence-electron chi connectivity index (χ3n) is 5.34. The van der Waals surface area contributed by atoms with Crippen LogP contribution in [0.1, 0.15) is 15.9 Å². The Hall–Kier alpha value is -3.66. The van der Waals surface area contributed by atoms with E-state index in [0.29, 0.717) is 34.4 Å². The number of amides is 1. The Morgan fingerprint density at radius 3 is 2.55 bits per heavy atom. The number of carbonyl (C=O) groups is 1. The molecule has 158 valence electrons. The van der Waals surface area contributed by atoms with Crippen LogP contribution in [0.3, 0.4) is 0 Å². The van der Waals surface area contributed by atoms with Crippen LogP contribution in [-0.4, -0.2) is 44.1 Å². The first-order valence-electron chi connectivity index (χ1n) is 9.69. The molecule has 10 heteroatoms. The standard InChI is InChI=1S/C21H20N6O3S/c1-26-17-12-22-21(23-14-6-8-15(9-7-14)25-31(2,29)30)24-19(17)27-11-10-13-4-3-5-16(18(13)27)20(26)28/h3-9,12,25H,10-11H2,1-2H3,(H,22,23,24). The number of carbonyl (C=O) groups excluding carboxylic acids is 1. The number of rotatable bonds is 4. The van der Waals surface area contributed by atoms with Crippen LogP contribution in [0.25, 0.3) is 0 Å². The molecule has 0 aliphatic carbocycles. The number of nitrogens with zero attached hydrogens (tertiary/aromatic N) is 4. The van der Waals surface area contributed by atoms with Crippen molar-refractivity contribution >= 4 is 50.4 Å². The maximum atomic E-state index is 13.0. The topological polar surface area (TPSA) is 108 Å². The SMILES string of the molecule is CN1C(=O)c2cccc3c2N(CC3)c2nc(Nc3ccc(NS(C)(=O)=O)cc3)ncc21. The number of fused-ring (bicyclic) bond motifs is 2. The fourth-order valence-corrected chi connectivity index (χ4v) is 4.52. The second-order valence-corrected chi connectivity index (χ2v) is 9.31. The summed E-state index contributed by atoms with van der Waals surface area (Å²) in [4.78, 5) is 25.8. The third-order valence-corrected chi connectivity index (χ3v) is 5.95. The van der Waals surface area contributed by atoms with Crippen molar-refractivity contribution < 1.29 is 13.2 Å². The Morgan fingerprint density at radius 1 is 1.06 bits per heavy atom. The molecule has 1 aromatic heterocycles. The molecule has 9 nitrogen and oxygen atoms in total. The van der Waals surface area contributed by atoms with Gasteiger partial charge in [-0.25, -0.2) is 13.4 Å². The van der Waals surface area contributed by atoms with E-state index in [1.54, 1.807) is 42.4 Å². The molecule has 2 N–H and O–H groups in total. The summed E-state index contributed by atoms with van der Waals surface area (Å²) in [5.74, 6) is 0.976. The van der Waals surface area contributed by atoms with Crippen molar-refractivity contribution in [2.45, 2.75) is 6.42 Å². The molecule has 3 heterocycles. The lowest BCUT2D eigenvalue weighted by atomic mass is 10.1. The summed E-state index contributed by atoms with van der Waals surface area (Å²) in [7, 11) is -1.60. The minimum atomic E-state index is -3.33. The smallest absolute Gasteiger partial charge is 0.260 e. The normalized spacial score (nSPS) is 14.7. The first kappa shape index (κ1) is 19.3. The molecule has 0 fully saturated rings. The summed E-state index contributed by atoms with van der Waals surface area (Å²) in [5.41, 5.74) is 4.54. The number of sulfonamides is 1.